The molecule has 1 N–H and O–H groups in total. The van der Waals surface area contributed by atoms with E-state index in [9.17, 15) is 8.78 Å². The molecule has 1 aromatic heterocycles. The molecule has 0 aliphatic heterocycles. The van der Waals surface area contributed by atoms with Gasteiger partial charge in [-0.05, 0) is 39.6 Å². The Morgan fingerprint density at radius 3 is 2.58 bits per heavy atom. The average molecular weight is 283 g/mol. The van der Waals surface area contributed by atoms with Crippen molar-refractivity contribution in [3.05, 3.63) is 40.6 Å². The van der Waals surface area contributed by atoms with Crippen LogP contribution in [0, 0.1) is 0 Å². The van der Waals surface area contributed by atoms with Crippen LogP contribution in [0.15, 0.2) is 35.0 Å². The minimum atomic E-state index is -2.32. The molecule has 2 nitrogen and oxygen atoms in total. The number of hydrogen-bond acceptors (Lipinski definition) is 3. The summed E-state index contributed by atoms with van der Waals surface area (Å²) < 4.78 is 29.3. The zero-order chi connectivity index (χ0) is 13.7. The largest absolute Gasteiger partial charge is 0.497 e. The fraction of sp³-hybridized carbons (Fsp3) is 0.286. The van der Waals surface area contributed by atoms with Crippen molar-refractivity contribution in [2.24, 2.45) is 0 Å². The Labute approximate surface area is 115 Å². The summed E-state index contributed by atoms with van der Waals surface area (Å²) in [5, 5.41) is 6.77. The highest BCUT2D eigenvalue weighted by Gasteiger charge is 2.08. The number of thiophene rings is 1. The third-order valence-electron chi connectivity index (χ3n) is 2.76. The number of ether oxygens (including phenoxy) is 1. The maximum absolute atomic E-state index is 12.1. The van der Waals surface area contributed by atoms with Crippen LogP contribution in [-0.4, -0.2) is 20.1 Å². The summed E-state index contributed by atoms with van der Waals surface area (Å²) in [5.74, 6) is 0.802. The van der Waals surface area contributed by atoms with Crippen molar-refractivity contribution in [1.29, 1.82) is 0 Å². The van der Waals surface area contributed by atoms with Gasteiger partial charge in [0.1, 0.15) is 5.75 Å². The molecule has 0 saturated carbocycles. The first-order chi connectivity index (χ1) is 9.20. The molecule has 0 aliphatic carbocycles. The van der Waals surface area contributed by atoms with Gasteiger partial charge < -0.3 is 10.1 Å². The fourth-order valence-electron chi connectivity index (χ4n) is 1.80. The van der Waals surface area contributed by atoms with Crippen LogP contribution in [0.1, 0.15) is 5.56 Å². The third kappa shape index (κ3) is 3.75. The molecule has 0 bridgehead atoms. The normalized spacial score (nSPS) is 10.9. The molecule has 1 aromatic carbocycles. The first kappa shape index (κ1) is 14.0. The highest BCUT2D eigenvalue weighted by molar-refractivity contribution is 7.08. The summed E-state index contributed by atoms with van der Waals surface area (Å²) in [4.78, 5) is 0. The second kappa shape index (κ2) is 6.63. The average Bonchev–Trinajstić information content (AvgIpc) is 2.87. The SMILES string of the molecule is COc1ccc(-c2cscc2CNCC(F)F)cc1. The topological polar surface area (TPSA) is 21.3 Å². The molecular weight excluding hydrogens is 268 g/mol. The molecule has 19 heavy (non-hydrogen) atoms. The number of benzene rings is 1. The van der Waals surface area contributed by atoms with Crippen molar-refractivity contribution in [3.63, 3.8) is 0 Å². The summed E-state index contributed by atoms with van der Waals surface area (Å²) in [6.45, 7) is 0.174. The lowest BCUT2D eigenvalue weighted by Crippen LogP contribution is -2.20. The quantitative estimate of drug-likeness (QED) is 0.871. The van der Waals surface area contributed by atoms with E-state index >= 15 is 0 Å². The third-order valence-corrected chi connectivity index (χ3v) is 3.55. The summed E-state index contributed by atoms with van der Waals surface area (Å²) in [7, 11) is 1.62. The van der Waals surface area contributed by atoms with Crippen molar-refractivity contribution in [2.45, 2.75) is 13.0 Å². The van der Waals surface area contributed by atoms with Gasteiger partial charge in [-0.3, -0.25) is 0 Å². The Morgan fingerprint density at radius 1 is 1.21 bits per heavy atom. The minimum Gasteiger partial charge on any atom is -0.497 e. The predicted molar refractivity (Wildman–Crippen MR) is 74.0 cm³/mol. The first-order valence-electron chi connectivity index (χ1n) is 5.89. The molecule has 0 spiro atoms. The van der Waals surface area contributed by atoms with Crippen LogP contribution in [0.25, 0.3) is 11.1 Å². The molecule has 102 valence electrons. The molecule has 5 heteroatoms. The Hall–Kier alpha value is -1.46. The first-order valence-corrected chi connectivity index (χ1v) is 6.83. The van der Waals surface area contributed by atoms with Crippen molar-refractivity contribution < 1.29 is 13.5 Å². The number of alkyl halides is 2. The van der Waals surface area contributed by atoms with Crippen LogP contribution in [-0.2, 0) is 6.54 Å². The fourth-order valence-corrected chi connectivity index (χ4v) is 2.67. The number of rotatable bonds is 6. The van der Waals surface area contributed by atoms with E-state index in [1.807, 2.05) is 35.0 Å². The molecule has 0 saturated heterocycles. The number of hydrogen-bond donors (Lipinski definition) is 1. The van der Waals surface area contributed by atoms with E-state index < -0.39 is 6.43 Å². The van der Waals surface area contributed by atoms with E-state index in [4.69, 9.17) is 4.74 Å². The summed E-state index contributed by atoms with van der Waals surface area (Å²) in [5.41, 5.74) is 3.18. The lowest BCUT2D eigenvalue weighted by molar-refractivity contribution is 0.145. The Balaban J connectivity index is 2.09. The number of nitrogens with one attached hydrogen (secondary N) is 1. The molecule has 0 unspecified atom stereocenters. The van der Waals surface area contributed by atoms with Crippen molar-refractivity contribution in [1.82, 2.24) is 5.32 Å². The van der Waals surface area contributed by atoms with Crippen LogP contribution in [0.5, 0.6) is 5.75 Å². The van der Waals surface area contributed by atoms with E-state index in [1.54, 1.807) is 18.4 Å². The molecule has 0 radical (unpaired) electrons. The second-order valence-electron chi connectivity index (χ2n) is 4.06. The van der Waals surface area contributed by atoms with Crippen molar-refractivity contribution in [2.75, 3.05) is 13.7 Å². The van der Waals surface area contributed by atoms with Crippen LogP contribution in [0.4, 0.5) is 8.78 Å². The van der Waals surface area contributed by atoms with Crippen LogP contribution >= 0.6 is 11.3 Å². The van der Waals surface area contributed by atoms with E-state index in [0.29, 0.717) is 6.54 Å². The number of halogens is 2. The predicted octanol–water partition coefficient (Wildman–Crippen LogP) is 3.78. The van der Waals surface area contributed by atoms with E-state index in [-0.39, 0.29) is 6.54 Å². The smallest absolute Gasteiger partial charge is 0.250 e. The van der Waals surface area contributed by atoms with E-state index in [0.717, 1.165) is 22.4 Å². The summed E-state index contributed by atoms with van der Waals surface area (Å²) in [6.07, 6.45) is -2.32. The standard InChI is InChI=1S/C14H15F2NOS/c1-18-12-4-2-10(3-5-12)13-9-19-8-11(13)6-17-7-14(15)16/h2-5,8-9,14,17H,6-7H2,1H3. The molecule has 0 amide bonds. The molecule has 2 rings (SSSR count). The molecule has 0 aliphatic rings. The van der Waals surface area contributed by atoms with Crippen LogP contribution < -0.4 is 10.1 Å². The van der Waals surface area contributed by atoms with E-state index in [2.05, 4.69) is 5.32 Å². The van der Waals surface area contributed by atoms with Crippen molar-refractivity contribution >= 4 is 11.3 Å². The Bertz CT molecular complexity index is 510. The van der Waals surface area contributed by atoms with Gasteiger partial charge in [0.05, 0.1) is 13.7 Å². The minimum absolute atomic E-state index is 0.280. The zero-order valence-corrected chi connectivity index (χ0v) is 11.3. The van der Waals surface area contributed by atoms with Gasteiger partial charge in [0.2, 0.25) is 0 Å². The highest BCUT2D eigenvalue weighted by atomic mass is 32.1. The van der Waals surface area contributed by atoms with Gasteiger partial charge in [-0.15, -0.1) is 0 Å². The molecular formula is C14H15F2NOS. The maximum Gasteiger partial charge on any atom is 0.250 e. The monoisotopic (exact) mass is 283 g/mol. The summed E-state index contributed by atoms with van der Waals surface area (Å²) in [6, 6.07) is 7.72. The maximum atomic E-state index is 12.1. The van der Waals surface area contributed by atoms with Gasteiger partial charge >= 0.3 is 0 Å². The molecule has 0 fully saturated rings. The lowest BCUT2D eigenvalue weighted by atomic mass is 10.0. The lowest BCUT2D eigenvalue weighted by Gasteiger charge is -2.07. The Kier molecular flexibility index (Phi) is 4.87. The van der Waals surface area contributed by atoms with Crippen LogP contribution in [0.3, 0.4) is 0 Å². The summed E-state index contributed by atoms with van der Waals surface area (Å²) >= 11 is 1.57. The van der Waals surface area contributed by atoms with Gasteiger partial charge in [-0.1, -0.05) is 12.1 Å². The molecule has 2 aromatic rings. The molecule has 1 heterocycles. The van der Waals surface area contributed by atoms with Crippen molar-refractivity contribution in [3.8, 4) is 16.9 Å². The van der Waals surface area contributed by atoms with Gasteiger partial charge in [0, 0.05) is 6.54 Å². The Morgan fingerprint density at radius 2 is 1.95 bits per heavy atom. The number of methoxy groups -OCH3 is 1. The van der Waals surface area contributed by atoms with Gasteiger partial charge in [0.15, 0.2) is 0 Å². The highest BCUT2D eigenvalue weighted by Crippen LogP contribution is 2.28. The zero-order valence-electron chi connectivity index (χ0n) is 10.5. The van der Waals surface area contributed by atoms with Gasteiger partial charge in [0.25, 0.3) is 6.43 Å². The van der Waals surface area contributed by atoms with Gasteiger partial charge in [-0.25, -0.2) is 8.78 Å². The van der Waals surface area contributed by atoms with Gasteiger partial charge in [-0.2, -0.15) is 11.3 Å². The van der Waals surface area contributed by atoms with E-state index in [1.165, 1.54) is 0 Å². The van der Waals surface area contributed by atoms with Crippen LogP contribution in [0.2, 0.25) is 0 Å². The second-order valence-corrected chi connectivity index (χ2v) is 4.80. The molecule has 0 atom stereocenters.